The summed E-state index contributed by atoms with van der Waals surface area (Å²) >= 11 is 14.4. The number of halogens is 3. The molecule has 0 bridgehead atoms. The first-order valence-electron chi connectivity index (χ1n) is 5.81. The summed E-state index contributed by atoms with van der Waals surface area (Å²) in [5.74, 6) is 6.30. The minimum atomic E-state index is -0.185. The summed E-state index contributed by atoms with van der Waals surface area (Å²) in [6.07, 6.45) is 0. The zero-order valence-electron chi connectivity index (χ0n) is 10.7. The number of methoxy groups -OCH3 is 1. The Morgan fingerprint density at radius 1 is 1.10 bits per heavy atom. The summed E-state index contributed by atoms with van der Waals surface area (Å²) in [6.45, 7) is 0. The second kappa shape index (κ2) is 6.95. The Labute approximate surface area is 141 Å². The highest BCUT2D eigenvalue weighted by atomic mass is 127. The van der Waals surface area contributed by atoms with Crippen LogP contribution in [0.2, 0.25) is 10.0 Å². The zero-order valence-corrected chi connectivity index (χ0v) is 14.3. The molecule has 6 heteroatoms. The minimum absolute atomic E-state index is 0.185. The molecule has 0 spiro atoms. The maximum Gasteiger partial charge on any atom is 0.137 e. The monoisotopic (exact) mass is 422 g/mol. The Morgan fingerprint density at radius 3 is 2.35 bits per heavy atom. The first-order valence-corrected chi connectivity index (χ1v) is 7.64. The molecule has 0 amide bonds. The highest BCUT2D eigenvalue weighted by Crippen LogP contribution is 2.31. The van der Waals surface area contributed by atoms with Crippen molar-refractivity contribution in [1.82, 2.24) is 5.43 Å². The Kier molecular flexibility index (Phi) is 5.51. The molecule has 20 heavy (non-hydrogen) atoms. The van der Waals surface area contributed by atoms with E-state index in [1.165, 1.54) is 0 Å². The van der Waals surface area contributed by atoms with Crippen LogP contribution in [-0.2, 0) is 0 Å². The molecule has 2 rings (SSSR count). The molecule has 3 nitrogen and oxygen atoms in total. The SMILES string of the molecule is COc1cc(C(NN)c2ccc(I)c(Cl)c2)ccc1Cl. The predicted molar refractivity (Wildman–Crippen MR) is 91.3 cm³/mol. The van der Waals surface area contributed by atoms with E-state index in [1.54, 1.807) is 13.2 Å². The van der Waals surface area contributed by atoms with E-state index in [2.05, 4.69) is 28.0 Å². The molecule has 0 saturated carbocycles. The second-order valence-corrected chi connectivity index (χ2v) is 6.14. The van der Waals surface area contributed by atoms with E-state index >= 15 is 0 Å². The molecule has 0 fully saturated rings. The van der Waals surface area contributed by atoms with Crippen molar-refractivity contribution in [3.05, 3.63) is 61.1 Å². The van der Waals surface area contributed by atoms with Crippen LogP contribution < -0.4 is 16.0 Å². The number of hydrogen-bond donors (Lipinski definition) is 2. The van der Waals surface area contributed by atoms with E-state index in [0.29, 0.717) is 15.8 Å². The van der Waals surface area contributed by atoms with Gasteiger partial charge in [-0.05, 0) is 58.0 Å². The maximum absolute atomic E-state index is 6.16. The zero-order chi connectivity index (χ0) is 14.7. The first-order chi connectivity index (χ1) is 9.56. The van der Waals surface area contributed by atoms with Crippen molar-refractivity contribution in [3.8, 4) is 5.75 Å². The van der Waals surface area contributed by atoms with E-state index in [-0.39, 0.29) is 6.04 Å². The molecular weight excluding hydrogens is 410 g/mol. The van der Waals surface area contributed by atoms with Crippen molar-refractivity contribution in [3.63, 3.8) is 0 Å². The summed E-state index contributed by atoms with van der Waals surface area (Å²) in [7, 11) is 1.58. The largest absolute Gasteiger partial charge is 0.495 e. The number of benzene rings is 2. The number of hydrazine groups is 1. The van der Waals surface area contributed by atoms with Gasteiger partial charge in [0, 0.05) is 3.57 Å². The van der Waals surface area contributed by atoms with Crippen molar-refractivity contribution < 1.29 is 4.74 Å². The van der Waals surface area contributed by atoms with Crippen LogP contribution in [0.15, 0.2) is 36.4 Å². The van der Waals surface area contributed by atoms with E-state index in [0.717, 1.165) is 14.7 Å². The molecule has 1 atom stereocenters. The lowest BCUT2D eigenvalue weighted by molar-refractivity contribution is 0.414. The fourth-order valence-corrected chi connectivity index (χ4v) is 2.65. The normalized spacial score (nSPS) is 12.2. The van der Waals surface area contributed by atoms with Gasteiger partial charge in [0.2, 0.25) is 0 Å². The fourth-order valence-electron chi connectivity index (χ4n) is 1.93. The highest BCUT2D eigenvalue weighted by molar-refractivity contribution is 14.1. The van der Waals surface area contributed by atoms with Gasteiger partial charge in [0.05, 0.1) is 23.2 Å². The van der Waals surface area contributed by atoms with Crippen LogP contribution in [0.1, 0.15) is 17.2 Å². The second-order valence-electron chi connectivity index (χ2n) is 4.17. The molecule has 1 unspecified atom stereocenters. The molecule has 0 aliphatic carbocycles. The van der Waals surface area contributed by atoms with E-state index < -0.39 is 0 Å². The van der Waals surface area contributed by atoms with Gasteiger partial charge in [-0.3, -0.25) is 5.84 Å². The number of nitrogens with two attached hydrogens (primary N) is 1. The van der Waals surface area contributed by atoms with E-state index in [4.69, 9.17) is 33.8 Å². The molecule has 0 aliphatic rings. The van der Waals surface area contributed by atoms with Crippen LogP contribution in [-0.4, -0.2) is 7.11 Å². The quantitative estimate of drug-likeness (QED) is 0.441. The molecule has 0 saturated heterocycles. The third-order valence-corrected chi connectivity index (χ3v) is 4.84. The summed E-state index contributed by atoms with van der Waals surface area (Å²) in [4.78, 5) is 0. The van der Waals surface area contributed by atoms with Crippen LogP contribution >= 0.6 is 45.8 Å². The smallest absolute Gasteiger partial charge is 0.137 e. The lowest BCUT2D eigenvalue weighted by atomic mass is 9.99. The van der Waals surface area contributed by atoms with Crippen molar-refractivity contribution >= 4 is 45.8 Å². The molecule has 0 radical (unpaired) electrons. The summed E-state index contributed by atoms with van der Waals surface area (Å²) in [5.41, 5.74) is 4.72. The lowest BCUT2D eigenvalue weighted by Gasteiger charge is -2.18. The summed E-state index contributed by atoms with van der Waals surface area (Å²) in [5, 5.41) is 1.26. The third-order valence-electron chi connectivity index (χ3n) is 2.95. The van der Waals surface area contributed by atoms with Crippen LogP contribution in [0.25, 0.3) is 0 Å². The molecular formula is C14H13Cl2IN2O. The first kappa shape index (κ1) is 15.9. The number of rotatable bonds is 4. The average Bonchev–Trinajstić information content (AvgIpc) is 2.45. The number of hydrogen-bond acceptors (Lipinski definition) is 3. The standard InChI is InChI=1S/C14H13Cl2IN2O/c1-20-13-7-9(2-4-10(13)15)14(19-18)8-3-5-12(17)11(16)6-8/h2-7,14,19H,18H2,1H3. The minimum Gasteiger partial charge on any atom is -0.495 e. The Morgan fingerprint density at radius 2 is 1.75 bits per heavy atom. The molecule has 2 aromatic carbocycles. The van der Waals surface area contributed by atoms with Gasteiger partial charge < -0.3 is 4.74 Å². The lowest BCUT2D eigenvalue weighted by Crippen LogP contribution is -2.28. The van der Waals surface area contributed by atoms with Crippen molar-refractivity contribution in [2.24, 2.45) is 5.84 Å². The van der Waals surface area contributed by atoms with Gasteiger partial charge >= 0.3 is 0 Å². The van der Waals surface area contributed by atoms with Crippen molar-refractivity contribution in [2.45, 2.75) is 6.04 Å². The van der Waals surface area contributed by atoms with Gasteiger partial charge in [-0.2, -0.15) is 0 Å². The highest BCUT2D eigenvalue weighted by Gasteiger charge is 2.15. The number of nitrogens with one attached hydrogen (secondary N) is 1. The van der Waals surface area contributed by atoms with Crippen LogP contribution in [0, 0.1) is 3.57 Å². The Balaban J connectivity index is 2.43. The van der Waals surface area contributed by atoms with Gasteiger partial charge in [0.25, 0.3) is 0 Å². The molecule has 0 aromatic heterocycles. The fraction of sp³-hybridized carbons (Fsp3) is 0.143. The molecule has 3 N–H and O–H groups in total. The molecule has 0 heterocycles. The summed E-state index contributed by atoms with van der Waals surface area (Å²) in [6, 6.07) is 11.2. The Hall–Kier alpha value is -0.530. The van der Waals surface area contributed by atoms with Gasteiger partial charge in [-0.1, -0.05) is 35.3 Å². The van der Waals surface area contributed by atoms with Crippen LogP contribution in [0.3, 0.4) is 0 Å². The van der Waals surface area contributed by atoms with Crippen molar-refractivity contribution in [1.29, 1.82) is 0 Å². The van der Waals surface area contributed by atoms with Gasteiger partial charge in [0.15, 0.2) is 0 Å². The van der Waals surface area contributed by atoms with E-state index in [9.17, 15) is 0 Å². The topological polar surface area (TPSA) is 47.3 Å². The van der Waals surface area contributed by atoms with Gasteiger partial charge in [0.1, 0.15) is 5.75 Å². The van der Waals surface area contributed by atoms with Crippen molar-refractivity contribution in [2.75, 3.05) is 7.11 Å². The van der Waals surface area contributed by atoms with Gasteiger partial charge in [-0.25, -0.2) is 5.43 Å². The number of ether oxygens (including phenoxy) is 1. The maximum atomic E-state index is 6.16. The van der Waals surface area contributed by atoms with Crippen LogP contribution in [0.5, 0.6) is 5.75 Å². The predicted octanol–water partition coefficient (Wildman–Crippen LogP) is 4.16. The average molecular weight is 423 g/mol. The molecule has 2 aromatic rings. The van der Waals surface area contributed by atoms with Gasteiger partial charge in [-0.15, -0.1) is 0 Å². The molecule has 106 valence electrons. The third kappa shape index (κ3) is 3.38. The summed E-state index contributed by atoms with van der Waals surface area (Å²) < 4.78 is 6.23. The van der Waals surface area contributed by atoms with Crippen LogP contribution in [0.4, 0.5) is 0 Å². The van der Waals surface area contributed by atoms with E-state index in [1.807, 2.05) is 30.3 Å². The molecule has 0 aliphatic heterocycles. The Bertz CT molecular complexity index is 622.